The normalized spacial score (nSPS) is 15.4. The molecule has 0 heterocycles. The average Bonchev–Trinajstić information content (AvgIpc) is 2.29. The highest BCUT2D eigenvalue weighted by atomic mass is 16.5. The third-order valence-electron chi connectivity index (χ3n) is 3.39. The van der Waals surface area contributed by atoms with Crippen LogP contribution in [-0.4, -0.2) is 31.0 Å². The molecule has 0 fully saturated rings. The first-order valence-corrected chi connectivity index (χ1v) is 6.98. The van der Waals surface area contributed by atoms with Crippen LogP contribution in [0.4, 0.5) is 0 Å². The van der Waals surface area contributed by atoms with Crippen LogP contribution in [0.15, 0.2) is 12.7 Å². The fourth-order valence-corrected chi connectivity index (χ4v) is 1.69. The highest BCUT2D eigenvalue weighted by Crippen LogP contribution is 2.22. The topological polar surface area (TPSA) is 44.5 Å². The van der Waals surface area contributed by atoms with Gasteiger partial charge in [-0.2, -0.15) is 0 Å². The Morgan fingerprint density at radius 3 is 2.28 bits per heavy atom. The summed E-state index contributed by atoms with van der Waals surface area (Å²) in [6.45, 7) is 14.3. The summed E-state index contributed by atoms with van der Waals surface area (Å²) in [5.74, 6) is 0. The summed E-state index contributed by atoms with van der Waals surface area (Å²) in [4.78, 5) is 0. The molecule has 0 rings (SSSR count). The Labute approximate surface area is 113 Å². The maximum absolute atomic E-state index is 5.98. The lowest BCUT2D eigenvalue weighted by molar-refractivity contribution is -0.0805. The van der Waals surface area contributed by atoms with Gasteiger partial charge in [0.2, 0.25) is 0 Å². The van der Waals surface area contributed by atoms with E-state index in [1.54, 1.807) is 0 Å². The van der Waals surface area contributed by atoms with Gasteiger partial charge in [0.05, 0.1) is 24.4 Å². The number of rotatable bonds is 11. The predicted molar refractivity (Wildman–Crippen MR) is 77.8 cm³/mol. The highest BCUT2D eigenvalue weighted by Gasteiger charge is 2.24. The van der Waals surface area contributed by atoms with Gasteiger partial charge in [0.1, 0.15) is 0 Å². The van der Waals surface area contributed by atoms with Crippen LogP contribution < -0.4 is 5.73 Å². The van der Waals surface area contributed by atoms with Crippen molar-refractivity contribution >= 4 is 0 Å². The van der Waals surface area contributed by atoms with Crippen LogP contribution in [0.1, 0.15) is 53.4 Å². The Morgan fingerprint density at radius 2 is 1.78 bits per heavy atom. The molecule has 3 nitrogen and oxygen atoms in total. The van der Waals surface area contributed by atoms with Gasteiger partial charge < -0.3 is 15.2 Å². The molecule has 108 valence electrons. The summed E-state index contributed by atoms with van der Waals surface area (Å²) in [5.41, 5.74) is 5.38. The van der Waals surface area contributed by atoms with Gasteiger partial charge in [-0.1, -0.05) is 13.0 Å². The molecule has 0 aromatic heterocycles. The third-order valence-corrected chi connectivity index (χ3v) is 3.39. The van der Waals surface area contributed by atoms with Crippen molar-refractivity contribution in [3.63, 3.8) is 0 Å². The molecule has 2 N–H and O–H groups in total. The zero-order chi connectivity index (χ0) is 14.1. The van der Waals surface area contributed by atoms with E-state index in [9.17, 15) is 0 Å². The van der Waals surface area contributed by atoms with Crippen molar-refractivity contribution in [1.82, 2.24) is 0 Å². The number of nitrogens with two attached hydrogens (primary N) is 1. The quantitative estimate of drug-likeness (QED) is 0.456. The first kappa shape index (κ1) is 17.6. The second-order valence-corrected chi connectivity index (χ2v) is 5.63. The summed E-state index contributed by atoms with van der Waals surface area (Å²) in [6.07, 6.45) is 5.56. The van der Waals surface area contributed by atoms with Gasteiger partial charge in [0.15, 0.2) is 0 Å². The molecule has 18 heavy (non-hydrogen) atoms. The molecule has 1 unspecified atom stereocenters. The smallest absolute Gasteiger partial charge is 0.0664 e. The van der Waals surface area contributed by atoms with Crippen molar-refractivity contribution < 1.29 is 9.47 Å². The summed E-state index contributed by atoms with van der Waals surface area (Å²) in [5, 5.41) is 0. The van der Waals surface area contributed by atoms with Gasteiger partial charge in [0.25, 0.3) is 0 Å². The Morgan fingerprint density at radius 1 is 1.11 bits per heavy atom. The molecule has 0 aliphatic heterocycles. The van der Waals surface area contributed by atoms with Gasteiger partial charge in [-0.15, -0.1) is 6.58 Å². The van der Waals surface area contributed by atoms with E-state index in [0.717, 1.165) is 32.3 Å². The molecule has 0 amide bonds. The molecular weight excluding hydrogens is 226 g/mol. The van der Waals surface area contributed by atoms with E-state index in [1.165, 1.54) is 0 Å². The standard InChI is InChI=1S/C15H31NO2/c1-6-8-12-17-14(3,4)10-13-18-15(5,7-2)9-11-16/h6H,1,7-13,16H2,2-5H3. The van der Waals surface area contributed by atoms with Crippen LogP contribution in [0, 0.1) is 0 Å². The molecule has 0 aromatic rings. The Bertz CT molecular complexity index is 229. The van der Waals surface area contributed by atoms with Gasteiger partial charge >= 0.3 is 0 Å². The lowest BCUT2D eigenvalue weighted by Gasteiger charge is -2.31. The summed E-state index contributed by atoms with van der Waals surface area (Å²) in [7, 11) is 0. The number of hydrogen-bond donors (Lipinski definition) is 1. The van der Waals surface area contributed by atoms with E-state index >= 15 is 0 Å². The molecule has 0 bridgehead atoms. The zero-order valence-electron chi connectivity index (χ0n) is 12.6. The Hall–Kier alpha value is -0.380. The second-order valence-electron chi connectivity index (χ2n) is 5.63. The van der Waals surface area contributed by atoms with Crippen LogP contribution >= 0.6 is 0 Å². The summed E-state index contributed by atoms with van der Waals surface area (Å²) < 4.78 is 11.8. The van der Waals surface area contributed by atoms with Crippen LogP contribution in [0.2, 0.25) is 0 Å². The fraction of sp³-hybridized carbons (Fsp3) is 0.867. The van der Waals surface area contributed by atoms with Crippen LogP contribution in [0.25, 0.3) is 0 Å². The molecule has 0 radical (unpaired) electrons. The summed E-state index contributed by atoms with van der Waals surface area (Å²) in [6, 6.07) is 0. The first-order valence-electron chi connectivity index (χ1n) is 6.98. The van der Waals surface area contributed by atoms with Crippen molar-refractivity contribution in [3.05, 3.63) is 12.7 Å². The molecule has 0 spiro atoms. The van der Waals surface area contributed by atoms with Crippen molar-refractivity contribution in [2.45, 2.75) is 64.6 Å². The molecule has 0 aliphatic carbocycles. The molecule has 0 saturated heterocycles. The fourth-order valence-electron chi connectivity index (χ4n) is 1.69. The van der Waals surface area contributed by atoms with Crippen molar-refractivity contribution in [2.24, 2.45) is 5.73 Å². The van der Waals surface area contributed by atoms with E-state index in [4.69, 9.17) is 15.2 Å². The minimum atomic E-state index is -0.139. The molecule has 0 saturated carbocycles. The summed E-state index contributed by atoms with van der Waals surface area (Å²) >= 11 is 0. The number of ether oxygens (including phenoxy) is 2. The highest BCUT2D eigenvalue weighted by molar-refractivity contribution is 4.76. The van der Waals surface area contributed by atoms with Crippen molar-refractivity contribution in [1.29, 1.82) is 0 Å². The van der Waals surface area contributed by atoms with E-state index in [-0.39, 0.29) is 11.2 Å². The van der Waals surface area contributed by atoms with Gasteiger partial charge in [-0.05, 0) is 53.0 Å². The maximum Gasteiger partial charge on any atom is 0.0664 e. The second kappa shape index (κ2) is 8.68. The maximum atomic E-state index is 5.98. The Kier molecular flexibility index (Phi) is 8.49. The molecule has 3 heteroatoms. The average molecular weight is 257 g/mol. The molecular formula is C15H31NO2. The molecule has 1 atom stereocenters. The van der Waals surface area contributed by atoms with Gasteiger partial charge in [0, 0.05) is 0 Å². The van der Waals surface area contributed by atoms with Gasteiger partial charge in [-0.3, -0.25) is 0 Å². The van der Waals surface area contributed by atoms with Crippen molar-refractivity contribution in [3.8, 4) is 0 Å². The largest absolute Gasteiger partial charge is 0.375 e. The van der Waals surface area contributed by atoms with E-state index in [1.807, 2.05) is 6.08 Å². The molecule has 0 aliphatic rings. The lowest BCUT2D eigenvalue weighted by atomic mass is 9.98. The van der Waals surface area contributed by atoms with Crippen molar-refractivity contribution in [2.75, 3.05) is 19.8 Å². The lowest BCUT2D eigenvalue weighted by Crippen LogP contribution is -2.34. The Balaban J connectivity index is 3.95. The molecule has 0 aromatic carbocycles. The van der Waals surface area contributed by atoms with Crippen LogP contribution in [0.3, 0.4) is 0 Å². The zero-order valence-corrected chi connectivity index (χ0v) is 12.6. The van der Waals surface area contributed by atoms with Crippen LogP contribution in [0.5, 0.6) is 0 Å². The SMILES string of the molecule is C=CCCOC(C)(C)CCOC(C)(CC)CCN. The van der Waals surface area contributed by atoms with E-state index in [2.05, 4.69) is 34.3 Å². The monoisotopic (exact) mass is 257 g/mol. The third kappa shape index (κ3) is 7.85. The predicted octanol–water partition coefficient (Wildman–Crippen LogP) is 3.28. The van der Waals surface area contributed by atoms with Crippen LogP contribution in [-0.2, 0) is 9.47 Å². The van der Waals surface area contributed by atoms with E-state index < -0.39 is 0 Å². The first-order chi connectivity index (χ1) is 8.39. The number of hydrogen-bond acceptors (Lipinski definition) is 3. The van der Waals surface area contributed by atoms with Gasteiger partial charge in [-0.25, -0.2) is 0 Å². The minimum absolute atomic E-state index is 0.0913. The van der Waals surface area contributed by atoms with E-state index in [0.29, 0.717) is 13.2 Å². The minimum Gasteiger partial charge on any atom is -0.375 e.